The molecule has 0 saturated carbocycles. The summed E-state index contributed by atoms with van der Waals surface area (Å²) in [5, 5.41) is 20.7. The number of carbonyl (C=O) groups excluding carboxylic acids is 2. The van der Waals surface area contributed by atoms with Crippen LogP contribution in [-0.4, -0.2) is 47.1 Å². The molecule has 2 aliphatic carbocycles. The molecule has 3 aliphatic rings. The third kappa shape index (κ3) is 6.22. The molecule has 1 heterocycles. The summed E-state index contributed by atoms with van der Waals surface area (Å²) in [5.41, 5.74) is 0.556. The molecule has 180 valence electrons. The molecule has 1 saturated heterocycles. The van der Waals surface area contributed by atoms with Gasteiger partial charge in [0.2, 0.25) is 0 Å². The van der Waals surface area contributed by atoms with Crippen LogP contribution < -0.4 is 0 Å². The third-order valence-electron chi connectivity index (χ3n) is 7.40. The summed E-state index contributed by atoms with van der Waals surface area (Å²) in [7, 11) is 0. The van der Waals surface area contributed by atoms with Crippen LogP contribution in [0.15, 0.2) is 23.8 Å². The molecule has 1 fully saturated rings. The highest BCUT2D eigenvalue weighted by Crippen LogP contribution is 2.45. The number of cyclic esters (lactones) is 1. The van der Waals surface area contributed by atoms with E-state index in [1.54, 1.807) is 0 Å². The number of rotatable bonds is 0. The highest BCUT2D eigenvalue weighted by atomic mass is 16.5. The van der Waals surface area contributed by atoms with E-state index in [9.17, 15) is 19.8 Å². The molecule has 0 aromatic carbocycles. The Morgan fingerprint density at radius 1 is 1.06 bits per heavy atom. The normalized spacial score (nSPS) is 39.2. The molecule has 0 aromatic rings. The van der Waals surface area contributed by atoms with Crippen molar-refractivity contribution >= 4 is 11.9 Å². The van der Waals surface area contributed by atoms with E-state index in [-0.39, 0.29) is 43.4 Å². The molecule has 6 nitrogen and oxygen atoms in total. The summed E-state index contributed by atoms with van der Waals surface area (Å²) in [6.45, 7) is 8.30. The number of hydrogen-bond acceptors (Lipinski definition) is 6. The van der Waals surface area contributed by atoms with Gasteiger partial charge in [0.05, 0.1) is 30.7 Å². The highest BCUT2D eigenvalue weighted by molar-refractivity contribution is 5.76. The van der Waals surface area contributed by atoms with Crippen molar-refractivity contribution in [2.75, 3.05) is 6.61 Å². The van der Waals surface area contributed by atoms with Gasteiger partial charge in [-0.15, -0.1) is 0 Å². The maximum atomic E-state index is 13.2. The zero-order valence-electron chi connectivity index (χ0n) is 20.0. The molecule has 0 amide bonds. The fraction of sp³-hybridized carbons (Fsp3) is 0.769. The fourth-order valence-electron chi connectivity index (χ4n) is 5.47. The van der Waals surface area contributed by atoms with Gasteiger partial charge in [-0.2, -0.15) is 0 Å². The first-order chi connectivity index (χ1) is 15.1. The number of ether oxygens (including phenoxy) is 2. The molecule has 0 bridgehead atoms. The largest absolute Gasteiger partial charge is 0.466 e. The Kier molecular flexibility index (Phi) is 8.21. The van der Waals surface area contributed by atoms with Crippen LogP contribution >= 0.6 is 0 Å². The molecule has 0 aromatic heterocycles. The van der Waals surface area contributed by atoms with Crippen molar-refractivity contribution in [3.8, 4) is 0 Å². The summed E-state index contributed by atoms with van der Waals surface area (Å²) in [6, 6.07) is 0. The molecule has 1 aliphatic heterocycles. The number of aliphatic hydroxyl groups is 2. The predicted molar refractivity (Wildman–Crippen MR) is 121 cm³/mol. The van der Waals surface area contributed by atoms with E-state index >= 15 is 0 Å². The minimum atomic E-state index is -0.919. The SMILES string of the molecule is C[C@H]1C=C2C=C[C@H](C)[C@@H]3CC[C@@H](O)C[C@@H](O)CC(=O)OCCCC(C)(C)C(=O)O[C@@H](C1)[C@@H]23. The van der Waals surface area contributed by atoms with Gasteiger partial charge >= 0.3 is 11.9 Å². The van der Waals surface area contributed by atoms with Crippen LogP contribution in [0.25, 0.3) is 0 Å². The van der Waals surface area contributed by atoms with Crippen LogP contribution in [0.1, 0.15) is 72.6 Å². The predicted octanol–water partition coefficient (Wildman–Crippen LogP) is 3.95. The first-order valence-corrected chi connectivity index (χ1v) is 12.2. The number of aliphatic hydroxyl groups excluding tert-OH is 2. The van der Waals surface area contributed by atoms with E-state index < -0.39 is 23.6 Å². The average Bonchev–Trinajstić information content (AvgIpc) is 2.69. The Morgan fingerprint density at radius 3 is 2.56 bits per heavy atom. The lowest BCUT2D eigenvalue weighted by Crippen LogP contribution is -2.43. The zero-order valence-corrected chi connectivity index (χ0v) is 20.0. The second-order valence-electron chi connectivity index (χ2n) is 10.8. The molecular formula is C26H40O6. The Morgan fingerprint density at radius 2 is 1.81 bits per heavy atom. The highest BCUT2D eigenvalue weighted by Gasteiger charge is 2.43. The van der Waals surface area contributed by atoms with Crippen LogP contribution in [0.2, 0.25) is 0 Å². The van der Waals surface area contributed by atoms with Gasteiger partial charge in [0.1, 0.15) is 6.10 Å². The van der Waals surface area contributed by atoms with Gasteiger partial charge in [0.25, 0.3) is 0 Å². The lowest BCUT2D eigenvalue weighted by Gasteiger charge is -2.44. The van der Waals surface area contributed by atoms with Gasteiger partial charge in [0, 0.05) is 5.92 Å². The van der Waals surface area contributed by atoms with E-state index in [1.165, 1.54) is 5.57 Å². The number of carbonyl (C=O) groups is 2. The molecule has 0 spiro atoms. The smallest absolute Gasteiger partial charge is 0.311 e. The average molecular weight is 449 g/mol. The summed E-state index contributed by atoms with van der Waals surface area (Å²) in [6.07, 6.45) is 8.10. The molecule has 7 atom stereocenters. The number of allylic oxidation sites excluding steroid dienone is 3. The second kappa shape index (κ2) is 10.5. The summed E-state index contributed by atoms with van der Waals surface area (Å²) in [4.78, 5) is 25.2. The summed E-state index contributed by atoms with van der Waals surface area (Å²) >= 11 is 0. The molecule has 3 rings (SSSR count). The molecule has 0 unspecified atom stereocenters. The van der Waals surface area contributed by atoms with Crippen molar-refractivity contribution in [3.63, 3.8) is 0 Å². The van der Waals surface area contributed by atoms with E-state index in [2.05, 4.69) is 32.1 Å². The zero-order chi connectivity index (χ0) is 23.5. The van der Waals surface area contributed by atoms with Crippen molar-refractivity contribution in [2.45, 2.75) is 91.0 Å². The van der Waals surface area contributed by atoms with Crippen LogP contribution in [0.4, 0.5) is 0 Å². The van der Waals surface area contributed by atoms with Crippen molar-refractivity contribution in [3.05, 3.63) is 23.8 Å². The topological polar surface area (TPSA) is 93.1 Å². The van der Waals surface area contributed by atoms with Crippen molar-refractivity contribution < 1.29 is 29.3 Å². The Balaban J connectivity index is 1.86. The van der Waals surface area contributed by atoms with E-state index in [1.807, 2.05) is 13.8 Å². The maximum Gasteiger partial charge on any atom is 0.311 e. The molecule has 6 heteroatoms. The minimum absolute atomic E-state index is 0.115. The van der Waals surface area contributed by atoms with Crippen molar-refractivity contribution in [1.82, 2.24) is 0 Å². The summed E-state index contributed by atoms with van der Waals surface area (Å²) in [5.74, 6) is 0.304. The second-order valence-corrected chi connectivity index (χ2v) is 10.8. The van der Waals surface area contributed by atoms with Gasteiger partial charge in [-0.1, -0.05) is 32.1 Å². The third-order valence-corrected chi connectivity index (χ3v) is 7.40. The van der Waals surface area contributed by atoms with E-state index in [0.29, 0.717) is 31.1 Å². The van der Waals surface area contributed by atoms with Crippen LogP contribution in [0.5, 0.6) is 0 Å². The van der Waals surface area contributed by atoms with Gasteiger partial charge < -0.3 is 19.7 Å². The minimum Gasteiger partial charge on any atom is -0.466 e. The van der Waals surface area contributed by atoms with Gasteiger partial charge in [0.15, 0.2) is 0 Å². The molecule has 32 heavy (non-hydrogen) atoms. The van der Waals surface area contributed by atoms with Crippen molar-refractivity contribution in [1.29, 1.82) is 0 Å². The van der Waals surface area contributed by atoms with Gasteiger partial charge in [-0.05, 0) is 75.7 Å². The summed E-state index contributed by atoms with van der Waals surface area (Å²) < 4.78 is 11.4. The number of hydrogen-bond donors (Lipinski definition) is 2. The van der Waals surface area contributed by atoms with E-state index in [4.69, 9.17) is 9.47 Å². The quantitative estimate of drug-likeness (QED) is 0.545. The lowest BCUT2D eigenvalue weighted by molar-refractivity contribution is -0.165. The molecular weight excluding hydrogens is 408 g/mol. The lowest BCUT2D eigenvalue weighted by atomic mass is 9.65. The van der Waals surface area contributed by atoms with Gasteiger partial charge in [-0.3, -0.25) is 9.59 Å². The first-order valence-electron chi connectivity index (χ1n) is 12.2. The number of esters is 2. The standard InChI is InChI=1S/C26H40O6/c1-16-12-18-7-6-17(2)21-9-8-19(27)14-20(28)15-23(29)31-11-5-10-26(3,4)25(30)32-22(13-16)24(18)21/h6-7,12,16-17,19-22,24,27-28H,5,8-11,13-15H2,1-4H3/t16-,17-,19+,20+,21-,22-,24-/m0/s1. The van der Waals surface area contributed by atoms with E-state index in [0.717, 1.165) is 12.8 Å². The molecule has 2 N–H and O–H groups in total. The Labute approximate surface area is 192 Å². The van der Waals surface area contributed by atoms with Gasteiger partial charge in [-0.25, -0.2) is 0 Å². The van der Waals surface area contributed by atoms with Crippen molar-refractivity contribution in [2.24, 2.45) is 29.1 Å². The van der Waals surface area contributed by atoms with Crippen LogP contribution in [0, 0.1) is 29.1 Å². The monoisotopic (exact) mass is 448 g/mol. The Hall–Kier alpha value is -1.66. The maximum absolute atomic E-state index is 13.2. The van der Waals surface area contributed by atoms with Crippen LogP contribution in [0.3, 0.4) is 0 Å². The Bertz CT molecular complexity index is 739. The fourth-order valence-corrected chi connectivity index (χ4v) is 5.47. The first kappa shape index (κ1) is 25.0. The molecule has 0 radical (unpaired) electrons. The van der Waals surface area contributed by atoms with Crippen LogP contribution in [-0.2, 0) is 19.1 Å².